The summed E-state index contributed by atoms with van der Waals surface area (Å²) >= 11 is 1.79. The van der Waals surface area contributed by atoms with Gasteiger partial charge in [-0.25, -0.2) is 0 Å². The fourth-order valence-electron chi connectivity index (χ4n) is 1.50. The largest absolute Gasteiger partial charge is 0.313 e. The number of rotatable bonds is 7. The summed E-state index contributed by atoms with van der Waals surface area (Å²) in [6, 6.07) is 8.76. The van der Waals surface area contributed by atoms with Crippen molar-refractivity contribution in [3.8, 4) is 0 Å². The molecule has 4 heteroatoms. The van der Waals surface area contributed by atoms with Gasteiger partial charge < -0.3 is 10.2 Å². The van der Waals surface area contributed by atoms with Crippen LogP contribution in [0, 0.1) is 0 Å². The van der Waals surface area contributed by atoms with Crippen LogP contribution in [0.4, 0.5) is 0 Å². The quantitative estimate of drug-likeness (QED) is 0.608. The molecule has 0 aliphatic rings. The Morgan fingerprint density at radius 2 is 1.82 bits per heavy atom. The second-order valence-corrected chi connectivity index (χ2v) is 5.06. The van der Waals surface area contributed by atoms with E-state index in [4.69, 9.17) is 0 Å². The standard InChI is InChI=1S/C13H22N2S.ClH/c1-15(2)10-4-9-14-11-12-5-7-13(16-3)8-6-12;/h5-8,14H,4,9-11H2,1-3H3;1H. The van der Waals surface area contributed by atoms with Gasteiger partial charge in [-0.1, -0.05) is 12.1 Å². The van der Waals surface area contributed by atoms with Crippen molar-refractivity contribution in [3.63, 3.8) is 0 Å². The van der Waals surface area contributed by atoms with Crippen LogP contribution in [0.3, 0.4) is 0 Å². The molecule has 0 radical (unpaired) electrons. The molecule has 0 bridgehead atoms. The highest BCUT2D eigenvalue weighted by Crippen LogP contribution is 2.14. The molecule has 98 valence electrons. The van der Waals surface area contributed by atoms with E-state index in [0.717, 1.165) is 19.6 Å². The second-order valence-electron chi connectivity index (χ2n) is 4.18. The average molecular weight is 275 g/mol. The normalized spacial score (nSPS) is 10.4. The van der Waals surface area contributed by atoms with Crippen LogP contribution >= 0.6 is 24.2 Å². The summed E-state index contributed by atoms with van der Waals surface area (Å²) in [6.07, 6.45) is 3.31. The Kier molecular flexibility index (Phi) is 9.65. The number of hydrogen-bond acceptors (Lipinski definition) is 3. The molecule has 0 fully saturated rings. The number of benzene rings is 1. The van der Waals surface area contributed by atoms with Crippen molar-refractivity contribution in [2.75, 3.05) is 33.4 Å². The lowest BCUT2D eigenvalue weighted by Gasteiger charge is -2.09. The molecule has 2 nitrogen and oxygen atoms in total. The van der Waals surface area contributed by atoms with Gasteiger partial charge in [0.05, 0.1) is 0 Å². The number of thioether (sulfide) groups is 1. The van der Waals surface area contributed by atoms with E-state index < -0.39 is 0 Å². The van der Waals surface area contributed by atoms with Crippen molar-refractivity contribution >= 4 is 24.2 Å². The van der Waals surface area contributed by atoms with E-state index in [1.165, 1.54) is 16.9 Å². The minimum absolute atomic E-state index is 0. The number of nitrogens with zero attached hydrogens (tertiary/aromatic N) is 1. The molecule has 0 heterocycles. The van der Waals surface area contributed by atoms with Gasteiger partial charge in [0.25, 0.3) is 0 Å². The lowest BCUT2D eigenvalue weighted by Crippen LogP contribution is -2.20. The van der Waals surface area contributed by atoms with Gasteiger partial charge in [-0.2, -0.15) is 0 Å². The highest BCUT2D eigenvalue weighted by Gasteiger charge is 1.94. The third-order valence-corrected chi connectivity index (χ3v) is 3.19. The zero-order valence-electron chi connectivity index (χ0n) is 10.9. The molecule has 1 aromatic rings. The van der Waals surface area contributed by atoms with Gasteiger partial charge in [-0.05, 0) is 57.6 Å². The first-order valence-corrected chi connectivity index (χ1v) is 6.93. The summed E-state index contributed by atoms with van der Waals surface area (Å²) in [5.41, 5.74) is 1.36. The Morgan fingerprint density at radius 1 is 1.18 bits per heavy atom. The Morgan fingerprint density at radius 3 is 2.35 bits per heavy atom. The smallest absolute Gasteiger partial charge is 0.0205 e. The first-order chi connectivity index (χ1) is 7.72. The van der Waals surface area contributed by atoms with Crippen LogP contribution in [0.25, 0.3) is 0 Å². The molecule has 0 aliphatic carbocycles. The summed E-state index contributed by atoms with van der Waals surface area (Å²) in [5.74, 6) is 0. The fourth-order valence-corrected chi connectivity index (χ4v) is 1.90. The van der Waals surface area contributed by atoms with E-state index in [-0.39, 0.29) is 12.4 Å². The predicted molar refractivity (Wildman–Crippen MR) is 80.3 cm³/mol. The molecule has 0 spiro atoms. The van der Waals surface area contributed by atoms with Gasteiger partial charge >= 0.3 is 0 Å². The van der Waals surface area contributed by atoms with Gasteiger partial charge in [0.2, 0.25) is 0 Å². The third-order valence-electron chi connectivity index (χ3n) is 2.45. The summed E-state index contributed by atoms with van der Waals surface area (Å²) in [4.78, 5) is 3.55. The Bertz CT molecular complexity index is 288. The molecule has 0 aliphatic heterocycles. The molecule has 17 heavy (non-hydrogen) atoms. The van der Waals surface area contributed by atoms with E-state index in [9.17, 15) is 0 Å². The average Bonchev–Trinajstić information content (AvgIpc) is 2.29. The minimum atomic E-state index is 0. The second kappa shape index (κ2) is 9.77. The first kappa shape index (κ1) is 16.8. The Labute approximate surface area is 116 Å². The minimum Gasteiger partial charge on any atom is -0.313 e. The Hall–Kier alpha value is -0.220. The van der Waals surface area contributed by atoms with Crippen molar-refractivity contribution in [1.82, 2.24) is 10.2 Å². The zero-order valence-corrected chi connectivity index (χ0v) is 12.5. The van der Waals surface area contributed by atoms with Crippen molar-refractivity contribution in [2.45, 2.75) is 17.9 Å². The van der Waals surface area contributed by atoms with Crippen LogP contribution in [-0.4, -0.2) is 38.3 Å². The van der Waals surface area contributed by atoms with Gasteiger partial charge in [0.1, 0.15) is 0 Å². The van der Waals surface area contributed by atoms with E-state index in [2.05, 4.69) is 54.8 Å². The van der Waals surface area contributed by atoms with Gasteiger partial charge in [-0.15, -0.1) is 24.2 Å². The fraction of sp³-hybridized carbons (Fsp3) is 0.538. The maximum absolute atomic E-state index is 3.46. The van der Waals surface area contributed by atoms with Gasteiger partial charge in [0, 0.05) is 11.4 Å². The van der Waals surface area contributed by atoms with Crippen LogP contribution in [0.2, 0.25) is 0 Å². The lowest BCUT2D eigenvalue weighted by atomic mass is 10.2. The Balaban J connectivity index is 0.00000256. The van der Waals surface area contributed by atoms with E-state index in [1.54, 1.807) is 11.8 Å². The molecule has 1 aromatic carbocycles. The highest BCUT2D eigenvalue weighted by molar-refractivity contribution is 7.98. The molecule has 0 saturated carbocycles. The predicted octanol–water partition coefficient (Wildman–Crippen LogP) is 2.87. The molecule has 0 amide bonds. The van der Waals surface area contributed by atoms with Crippen LogP contribution in [-0.2, 0) is 6.54 Å². The maximum Gasteiger partial charge on any atom is 0.0205 e. The molecule has 0 atom stereocenters. The summed E-state index contributed by atoms with van der Waals surface area (Å²) in [5, 5.41) is 3.46. The van der Waals surface area contributed by atoms with E-state index >= 15 is 0 Å². The summed E-state index contributed by atoms with van der Waals surface area (Å²) < 4.78 is 0. The monoisotopic (exact) mass is 274 g/mol. The molecule has 0 unspecified atom stereocenters. The molecular weight excluding hydrogens is 252 g/mol. The van der Waals surface area contributed by atoms with E-state index in [0.29, 0.717) is 0 Å². The van der Waals surface area contributed by atoms with Gasteiger partial charge in [0.15, 0.2) is 0 Å². The summed E-state index contributed by atoms with van der Waals surface area (Å²) in [7, 11) is 4.22. The third kappa shape index (κ3) is 7.66. The first-order valence-electron chi connectivity index (χ1n) is 5.71. The number of hydrogen-bond donors (Lipinski definition) is 1. The lowest BCUT2D eigenvalue weighted by molar-refractivity contribution is 0.394. The van der Waals surface area contributed by atoms with Crippen LogP contribution in [0.1, 0.15) is 12.0 Å². The SMILES string of the molecule is CSc1ccc(CNCCCN(C)C)cc1.Cl. The topological polar surface area (TPSA) is 15.3 Å². The molecule has 0 aromatic heterocycles. The van der Waals surface area contributed by atoms with Crippen molar-refractivity contribution in [1.29, 1.82) is 0 Å². The van der Waals surface area contributed by atoms with Crippen molar-refractivity contribution in [3.05, 3.63) is 29.8 Å². The number of nitrogens with one attached hydrogen (secondary N) is 1. The molecular formula is C13H23ClN2S. The zero-order chi connectivity index (χ0) is 11.8. The van der Waals surface area contributed by atoms with Crippen molar-refractivity contribution in [2.24, 2.45) is 0 Å². The summed E-state index contributed by atoms with van der Waals surface area (Å²) in [6.45, 7) is 3.21. The van der Waals surface area contributed by atoms with Crippen LogP contribution < -0.4 is 5.32 Å². The number of halogens is 1. The van der Waals surface area contributed by atoms with Crippen molar-refractivity contribution < 1.29 is 0 Å². The van der Waals surface area contributed by atoms with Crippen LogP contribution in [0.15, 0.2) is 29.2 Å². The molecule has 0 saturated heterocycles. The highest BCUT2D eigenvalue weighted by atomic mass is 35.5. The molecule has 1 N–H and O–H groups in total. The molecule has 1 rings (SSSR count). The van der Waals surface area contributed by atoms with E-state index in [1.807, 2.05) is 0 Å². The van der Waals surface area contributed by atoms with Gasteiger partial charge in [-0.3, -0.25) is 0 Å². The maximum atomic E-state index is 3.46. The van der Waals surface area contributed by atoms with Crippen LogP contribution in [0.5, 0.6) is 0 Å².